The van der Waals surface area contributed by atoms with Crippen LogP contribution in [-0.4, -0.2) is 29.5 Å². The first kappa shape index (κ1) is 19.4. The molecule has 3 N–H and O–H groups in total. The summed E-state index contributed by atoms with van der Waals surface area (Å²) in [6, 6.07) is 16.6. The van der Waals surface area contributed by atoms with E-state index < -0.39 is 0 Å². The van der Waals surface area contributed by atoms with Crippen molar-refractivity contribution in [3.63, 3.8) is 0 Å². The second-order valence-electron chi connectivity index (χ2n) is 6.80. The van der Waals surface area contributed by atoms with Crippen LogP contribution in [0.5, 0.6) is 0 Å². The largest absolute Gasteiger partial charge is 0.352 e. The Morgan fingerprint density at radius 2 is 1.79 bits per heavy atom. The number of nitrogens with one attached hydrogen (secondary N) is 3. The van der Waals surface area contributed by atoms with Gasteiger partial charge in [-0.2, -0.15) is 0 Å². The van der Waals surface area contributed by atoms with Gasteiger partial charge in [0, 0.05) is 24.2 Å². The minimum absolute atomic E-state index is 0.00953. The van der Waals surface area contributed by atoms with Crippen LogP contribution in [0.4, 0.5) is 10.5 Å². The van der Waals surface area contributed by atoms with Gasteiger partial charge in [-0.15, -0.1) is 0 Å². The number of hydrogen-bond acceptors (Lipinski definition) is 3. The molecule has 0 unspecified atom stereocenters. The van der Waals surface area contributed by atoms with Gasteiger partial charge in [0.2, 0.25) is 0 Å². The number of para-hydroxylation sites is 2. The molecule has 2 aromatic carbocycles. The Labute approximate surface area is 164 Å². The fourth-order valence-electron chi connectivity index (χ4n) is 2.99. The van der Waals surface area contributed by atoms with Crippen molar-refractivity contribution < 1.29 is 9.59 Å². The maximum atomic E-state index is 12.6. The molecule has 0 radical (unpaired) electrons. The first-order chi connectivity index (χ1) is 13.5. The second-order valence-corrected chi connectivity index (χ2v) is 6.80. The van der Waals surface area contributed by atoms with Crippen molar-refractivity contribution in [2.45, 2.75) is 26.3 Å². The summed E-state index contributed by atoms with van der Waals surface area (Å²) in [4.78, 5) is 29.0. The van der Waals surface area contributed by atoms with E-state index >= 15 is 0 Å². The van der Waals surface area contributed by atoms with E-state index in [9.17, 15) is 9.59 Å². The van der Waals surface area contributed by atoms with Gasteiger partial charge in [-0.25, -0.2) is 4.79 Å². The lowest BCUT2D eigenvalue weighted by molar-refractivity contribution is 0.0955. The second kappa shape index (κ2) is 8.99. The van der Waals surface area contributed by atoms with Crippen LogP contribution in [0.2, 0.25) is 0 Å². The highest BCUT2D eigenvalue weighted by molar-refractivity contribution is 6.03. The van der Waals surface area contributed by atoms with E-state index in [1.165, 1.54) is 0 Å². The lowest BCUT2D eigenvalue weighted by atomic mass is 10.1. The third-order valence-corrected chi connectivity index (χ3v) is 4.24. The average Bonchev–Trinajstić information content (AvgIpc) is 2.68. The lowest BCUT2D eigenvalue weighted by Crippen LogP contribution is -2.35. The molecule has 1 aromatic heterocycles. The number of rotatable bonds is 6. The van der Waals surface area contributed by atoms with Crippen LogP contribution in [0.3, 0.4) is 0 Å². The molecule has 3 aromatic rings. The number of amides is 3. The number of pyridine rings is 1. The van der Waals surface area contributed by atoms with Crippen LogP contribution in [0, 0.1) is 0 Å². The Bertz CT molecular complexity index is 980. The molecule has 0 aliphatic heterocycles. The molecule has 0 aliphatic carbocycles. The van der Waals surface area contributed by atoms with Crippen molar-refractivity contribution >= 4 is 28.5 Å². The van der Waals surface area contributed by atoms with Crippen molar-refractivity contribution in [2.24, 2.45) is 0 Å². The highest BCUT2D eigenvalue weighted by Crippen LogP contribution is 2.17. The predicted molar refractivity (Wildman–Crippen MR) is 112 cm³/mol. The van der Waals surface area contributed by atoms with Crippen LogP contribution in [0.25, 0.3) is 10.9 Å². The van der Waals surface area contributed by atoms with E-state index in [1.54, 1.807) is 30.5 Å². The summed E-state index contributed by atoms with van der Waals surface area (Å²) in [6.45, 7) is 4.22. The smallest absolute Gasteiger partial charge is 0.319 e. The number of hydrogen-bond donors (Lipinski definition) is 3. The first-order valence-corrected chi connectivity index (χ1v) is 9.32. The summed E-state index contributed by atoms with van der Waals surface area (Å²) in [6.07, 6.45) is 2.44. The average molecular weight is 376 g/mol. The van der Waals surface area contributed by atoms with Crippen molar-refractivity contribution in [3.8, 4) is 0 Å². The first-order valence-electron chi connectivity index (χ1n) is 9.32. The normalized spacial score (nSPS) is 10.7. The molecule has 6 heteroatoms. The molecule has 3 rings (SSSR count). The molecule has 0 saturated heterocycles. The summed E-state index contributed by atoms with van der Waals surface area (Å²) in [5.41, 5.74) is 2.94. The topological polar surface area (TPSA) is 83.1 Å². The van der Waals surface area contributed by atoms with Gasteiger partial charge in [-0.05, 0) is 44.0 Å². The van der Waals surface area contributed by atoms with Gasteiger partial charge in [0.25, 0.3) is 5.91 Å². The molecule has 0 spiro atoms. The summed E-state index contributed by atoms with van der Waals surface area (Å²) in [5, 5.41) is 9.49. The van der Waals surface area contributed by atoms with Gasteiger partial charge >= 0.3 is 6.03 Å². The molecule has 0 saturated carbocycles. The van der Waals surface area contributed by atoms with Crippen molar-refractivity contribution in [1.82, 2.24) is 15.6 Å². The number of carbonyl (C=O) groups excluding carboxylic acids is 2. The molecule has 0 aliphatic rings. The van der Waals surface area contributed by atoms with Crippen LogP contribution in [0.1, 0.15) is 29.8 Å². The van der Waals surface area contributed by atoms with Crippen LogP contribution in [-0.2, 0) is 6.42 Å². The number of aromatic nitrogens is 1. The molecule has 0 fully saturated rings. The lowest BCUT2D eigenvalue weighted by Gasteiger charge is -2.13. The standard InChI is InChI=1S/C22H24N4O2/c1-15(2)25-22(28)26-19-11-4-3-10-18(19)21(27)24-14-12-17-8-5-7-16-9-6-13-23-20(16)17/h3-11,13,15H,12,14H2,1-2H3,(H,24,27)(H2,25,26,28). The molecule has 6 nitrogen and oxygen atoms in total. The highest BCUT2D eigenvalue weighted by atomic mass is 16.2. The van der Waals surface area contributed by atoms with E-state index in [-0.39, 0.29) is 18.0 Å². The third kappa shape index (κ3) is 4.85. The fraction of sp³-hybridized carbons (Fsp3) is 0.227. The highest BCUT2D eigenvalue weighted by Gasteiger charge is 2.13. The Morgan fingerprint density at radius 3 is 2.61 bits per heavy atom. The Balaban J connectivity index is 1.64. The van der Waals surface area contributed by atoms with Gasteiger partial charge in [0.05, 0.1) is 16.8 Å². The quantitative estimate of drug-likeness (QED) is 0.613. The van der Waals surface area contributed by atoms with Gasteiger partial charge in [0.1, 0.15) is 0 Å². The molecule has 1 heterocycles. The van der Waals surface area contributed by atoms with Gasteiger partial charge in [-0.1, -0.05) is 36.4 Å². The molecule has 0 bridgehead atoms. The van der Waals surface area contributed by atoms with E-state index in [2.05, 4.69) is 20.9 Å². The number of nitrogens with zero attached hydrogens (tertiary/aromatic N) is 1. The zero-order valence-electron chi connectivity index (χ0n) is 16.0. The Kier molecular flexibility index (Phi) is 6.22. The van der Waals surface area contributed by atoms with Crippen LogP contribution in [0.15, 0.2) is 60.8 Å². The van der Waals surface area contributed by atoms with E-state index in [4.69, 9.17) is 0 Å². The van der Waals surface area contributed by atoms with E-state index in [1.807, 2.05) is 44.2 Å². The van der Waals surface area contributed by atoms with E-state index in [0.29, 0.717) is 24.2 Å². The van der Waals surface area contributed by atoms with Crippen LogP contribution >= 0.6 is 0 Å². The molecule has 28 heavy (non-hydrogen) atoms. The maximum Gasteiger partial charge on any atom is 0.319 e. The molecular weight excluding hydrogens is 352 g/mol. The summed E-state index contributed by atoms with van der Waals surface area (Å²) in [7, 11) is 0. The van der Waals surface area contributed by atoms with E-state index in [0.717, 1.165) is 16.5 Å². The number of benzene rings is 2. The number of carbonyl (C=O) groups is 2. The summed E-state index contributed by atoms with van der Waals surface area (Å²) < 4.78 is 0. The molecular formula is C22H24N4O2. The molecule has 3 amide bonds. The minimum Gasteiger partial charge on any atom is -0.352 e. The number of anilines is 1. The van der Waals surface area contributed by atoms with Crippen molar-refractivity contribution in [1.29, 1.82) is 0 Å². The van der Waals surface area contributed by atoms with Gasteiger partial charge in [0.15, 0.2) is 0 Å². The molecule has 144 valence electrons. The summed E-state index contributed by atoms with van der Waals surface area (Å²) >= 11 is 0. The van der Waals surface area contributed by atoms with Gasteiger partial charge < -0.3 is 16.0 Å². The number of urea groups is 1. The SMILES string of the molecule is CC(C)NC(=O)Nc1ccccc1C(=O)NCCc1cccc2cccnc12. The predicted octanol–water partition coefficient (Wildman–Crippen LogP) is 3.74. The minimum atomic E-state index is -0.336. The maximum absolute atomic E-state index is 12.6. The van der Waals surface area contributed by atoms with Crippen molar-refractivity contribution in [2.75, 3.05) is 11.9 Å². The third-order valence-electron chi connectivity index (χ3n) is 4.24. The zero-order valence-corrected chi connectivity index (χ0v) is 16.0. The monoisotopic (exact) mass is 376 g/mol. The summed E-state index contributed by atoms with van der Waals surface area (Å²) in [5.74, 6) is -0.228. The van der Waals surface area contributed by atoms with Crippen molar-refractivity contribution in [3.05, 3.63) is 71.9 Å². The Hall–Kier alpha value is -3.41. The fourth-order valence-corrected chi connectivity index (χ4v) is 2.99. The zero-order chi connectivity index (χ0) is 19.9. The Morgan fingerprint density at radius 1 is 1.00 bits per heavy atom. The van der Waals surface area contributed by atoms with Gasteiger partial charge in [-0.3, -0.25) is 9.78 Å². The molecule has 0 atom stereocenters. The number of fused-ring (bicyclic) bond motifs is 1. The van der Waals surface area contributed by atoms with Crippen LogP contribution < -0.4 is 16.0 Å².